The number of aromatic nitrogens is 1. The van der Waals surface area contributed by atoms with E-state index in [9.17, 15) is 4.39 Å². The van der Waals surface area contributed by atoms with Crippen LogP contribution in [0.5, 0.6) is 11.5 Å². The highest BCUT2D eigenvalue weighted by Gasteiger charge is 2.07. The molecule has 4 heteroatoms. The number of fused-ring (bicyclic) bond motifs is 1. The summed E-state index contributed by atoms with van der Waals surface area (Å²) in [5.74, 6) is 1.01. The highest BCUT2D eigenvalue weighted by atomic mass is 19.1. The first-order valence-electron chi connectivity index (χ1n) is 6.77. The normalized spacial score (nSPS) is 10.8. The summed E-state index contributed by atoms with van der Waals surface area (Å²) in [5, 5.41) is 1.05. The van der Waals surface area contributed by atoms with Gasteiger partial charge in [-0.3, -0.25) is 4.98 Å². The zero-order valence-electron chi connectivity index (χ0n) is 11.4. The third-order valence-electron chi connectivity index (χ3n) is 3.24. The minimum Gasteiger partial charge on any atom is -0.457 e. The van der Waals surface area contributed by atoms with Gasteiger partial charge in [-0.2, -0.15) is 0 Å². The first-order chi connectivity index (χ1) is 10.3. The van der Waals surface area contributed by atoms with Crippen LogP contribution in [0.2, 0.25) is 0 Å². The summed E-state index contributed by atoms with van der Waals surface area (Å²) in [7, 11) is 0. The van der Waals surface area contributed by atoms with Crippen LogP contribution < -0.4 is 10.5 Å². The van der Waals surface area contributed by atoms with Gasteiger partial charge in [0.15, 0.2) is 0 Å². The molecular formula is C17H15FN2O. The molecule has 0 spiro atoms. The molecule has 2 aromatic carbocycles. The minimum absolute atomic E-state index is 0.286. The predicted molar refractivity (Wildman–Crippen MR) is 81.0 cm³/mol. The van der Waals surface area contributed by atoms with Gasteiger partial charge < -0.3 is 10.5 Å². The number of hydrogen-bond acceptors (Lipinski definition) is 3. The Balaban J connectivity index is 1.94. The van der Waals surface area contributed by atoms with E-state index in [2.05, 4.69) is 4.98 Å². The minimum atomic E-state index is -0.286. The van der Waals surface area contributed by atoms with Gasteiger partial charge in [-0.1, -0.05) is 6.07 Å². The van der Waals surface area contributed by atoms with Crippen molar-refractivity contribution in [1.82, 2.24) is 4.98 Å². The lowest BCUT2D eigenvalue weighted by Gasteiger charge is -2.11. The van der Waals surface area contributed by atoms with Crippen LogP contribution >= 0.6 is 0 Å². The second kappa shape index (κ2) is 5.89. The maximum atomic E-state index is 13.3. The summed E-state index contributed by atoms with van der Waals surface area (Å²) in [6.07, 6.45) is 2.31. The first kappa shape index (κ1) is 13.5. The van der Waals surface area contributed by atoms with E-state index in [0.29, 0.717) is 24.5 Å². The molecule has 21 heavy (non-hydrogen) atoms. The summed E-state index contributed by atoms with van der Waals surface area (Å²) >= 11 is 0. The van der Waals surface area contributed by atoms with Crippen molar-refractivity contribution >= 4 is 10.9 Å². The molecule has 0 saturated carbocycles. The summed E-state index contributed by atoms with van der Waals surface area (Å²) in [5.41, 5.74) is 7.18. The van der Waals surface area contributed by atoms with Gasteiger partial charge in [-0.25, -0.2) is 4.39 Å². The lowest BCUT2D eigenvalue weighted by molar-refractivity contribution is 0.474. The zero-order chi connectivity index (χ0) is 14.7. The van der Waals surface area contributed by atoms with E-state index < -0.39 is 0 Å². The number of halogens is 1. The summed E-state index contributed by atoms with van der Waals surface area (Å²) < 4.78 is 19.2. The smallest absolute Gasteiger partial charge is 0.130 e. The molecule has 3 nitrogen and oxygen atoms in total. The van der Waals surface area contributed by atoms with Crippen LogP contribution in [-0.2, 0) is 6.42 Å². The highest BCUT2D eigenvalue weighted by Crippen LogP contribution is 2.28. The fourth-order valence-electron chi connectivity index (χ4n) is 2.24. The number of hydrogen-bond donors (Lipinski definition) is 1. The van der Waals surface area contributed by atoms with E-state index in [1.54, 1.807) is 12.3 Å². The van der Waals surface area contributed by atoms with Gasteiger partial charge >= 0.3 is 0 Å². The molecule has 0 amide bonds. The van der Waals surface area contributed by atoms with Crippen LogP contribution in [0.3, 0.4) is 0 Å². The third-order valence-corrected chi connectivity index (χ3v) is 3.24. The molecule has 106 valence electrons. The number of nitrogens with two attached hydrogens (primary N) is 1. The van der Waals surface area contributed by atoms with E-state index >= 15 is 0 Å². The van der Waals surface area contributed by atoms with Crippen molar-refractivity contribution in [3.8, 4) is 11.5 Å². The van der Waals surface area contributed by atoms with Crippen molar-refractivity contribution in [2.75, 3.05) is 6.54 Å². The molecule has 3 rings (SSSR count). The summed E-state index contributed by atoms with van der Waals surface area (Å²) in [6, 6.07) is 14.0. The second-order valence-electron chi connectivity index (χ2n) is 4.75. The molecule has 0 aliphatic rings. The summed E-state index contributed by atoms with van der Waals surface area (Å²) in [6.45, 7) is 0.444. The number of nitrogens with zero attached hydrogens (tertiary/aromatic N) is 1. The standard InChI is InChI=1S/C17H15FN2O/c18-14-4-6-17(13(10-14)7-8-19)21-15-5-3-12-2-1-9-20-16(12)11-15/h1-6,9-11H,7-8,19H2. The van der Waals surface area contributed by atoms with Crippen LogP contribution in [-0.4, -0.2) is 11.5 Å². The van der Waals surface area contributed by atoms with Crippen LogP contribution in [0.25, 0.3) is 10.9 Å². The first-order valence-corrected chi connectivity index (χ1v) is 6.77. The fraction of sp³-hybridized carbons (Fsp3) is 0.118. The topological polar surface area (TPSA) is 48.1 Å². The van der Waals surface area contributed by atoms with E-state index in [0.717, 1.165) is 16.5 Å². The molecule has 0 saturated heterocycles. The van der Waals surface area contributed by atoms with Crippen LogP contribution in [0.1, 0.15) is 5.56 Å². The molecular weight excluding hydrogens is 267 g/mol. The van der Waals surface area contributed by atoms with Crippen molar-refractivity contribution in [3.05, 3.63) is 66.1 Å². The SMILES string of the molecule is NCCc1cc(F)ccc1Oc1ccc2cccnc2c1. The maximum absolute atomic E-state index is 13.3. The molecule has 0 fully saturated rings. The van der Waals surface area contributed by atoms with Gasteiger partial charge in [-0.05, 0) is 54.9 Å². The lowest BCUT2D eigenvalue weighted by Crippen LogP contribution is -2.04. The number of rotatable bonds is 4. The Hall–Kier alpha value is -2.46. The van der Waals surface area contributed by atoms with Crippen molar-refractivity contribution in [2.24, 2.45) is 5.73 Å². The second-order valence-corrected chi connectivity index (χ2v) is 4.75. The van der Waals surface area contributed by atoms with Gasteiger partial charge in [0.05, 0.1) is 5.52 Å². The molecule has 0 radical (unpaired) electrons. The predicted octanol–water partition coefficient (Wildman–Crippen LogP) is 3.67. The molecule has 0 aliphatic carbocycles. The fourth-order valence-corrected chi connectivity index (χ4v) is 2.24. The number of benzene rings is 2. The Labute approximate surface area is 122 Å². The van der Waals surface area contributed by atoms with Crippen molar-refractivity contribution in [1.29, 1.82) is 0 Å². The van der Waals surface area contributed by atoms with Gasteiger partial charge in [0.25, 0.3) is 0 Å². The van der Waals surface area contributed by atoms with Gasteiger partial charge in [-0.15, -0.1) is 0 Å². The molecule has 2 N–H and O–H groups in total. The van der Waals surface area contributed by atoms with Crippen molar-refractivity contribution in [3.63, 3.8) is 0 Å². The van der Waals surface area contributed by atoms with Crippen LogP contribution in [0.15, 0.2) is 54.7 Å². The Morgan fingerprint density at radius 2 is 2.00 bits per heavy atom. The van der Waals surface area contributed by atoms with Crippen LogP contribution in [0, 0.1) is 5.82 Å². The molecule has 1 aromatic heterocycles. The molecule has 0 bridgehead atoms. The molecule has 0 atom stereocenters. The Morgan fingerprint density at radius 3 is 2.86 bits per heavy atom. The third kappa shape index (κ3) is 3.01. The monoisotopic (exact) mass is 282 g/mol. The van der Waals surface area contributed by atoms with E-state index in [4.69, 9.17) is 10.5 Å². The average Bonchev–Trinajstić information content (AvgIpc) is 2.50. The zero-order valence-corrected chi connectivity index (χ0v) is 11.4. The van der Waals surface area contributed by atoms with Gasteiger partial charge in [0.2, 0.25) is 0 Å². The average molecular weight is 282 g/mol. The maximum Gasteiger partial charge on any atom is 0.130 e. The van der Waals surface area contributed by atoms with Gasteiger partial charge in [0, 0.05) is 17.6 Å². The molecule has 0 unspecified atom stereocenters. The molecule has 0 aliphatic heterocycles. The van der Waals surface area contributed by atoms with Crippen LogP contribution in [0.4, 0.5) is 4.39 Å². The van der Waals surface area contributed by atoms with Crippen molar-refractivity contribution < 1.29 is 9.13 Å². The summed E-state index contributed by atoms with van der Waals surface area (Å²) in [4.78, 5) is 4.30. The van der Waals surface area contributed by atoms with E-state index in [1.165, 1.54) is 12.1 Å². The van der Waals surface area contributed by atoms with E-state index in [1.807, 2.05) is 30.3 Å². The quantitative estimate of drug-likeness (QED) is 0.794. The number of pyridine rings is 1. The Kier molecular flexibility index (Phi) is 3.79. The molecule has 1 heterocycles. The lowest BCUT2D eigenvalue weighted by atomic mass is 10.1. The van der Waals surface area contributed by atoms with E-state index in [-0.39, 0.29) is 5.82 Å². The van der Waals surface area contributed by atoms with Crippen molar-refractivity contribution in [2.45, 2.75) is 6.42 Å². The number of ether oxygens (including phenoxy) is 1. The largest absolute Gasteiger partial charge is 0.457 e. The highest BCUT2D eigenvalue weighted by molar-refractivity contribution is 5.79. The Bertz CT molecular complexity index is 774. The Morgan fingerprint density at radius 1 is 1.10 bits per heavy atom. The van der Waals surface area contributed by atoms with Gasteiger partial charge in [0.1, 0.15) is 17.3 Å². The molecule has 3 aromatic rings.